The molecule has 0 saturated heterocycles. The van der Waals surface area contributed by atoms with Gasteiger partial charge in [0.05, 0.1) is 26.4 Å². The van der Waals surface area contributed by atoms with Crippen molar-refractivity contribution >= 4 is 39.5 Å². The maximum absolute atomic E-state index is 13.1. The molecule has 17 nitrogen and oxygen atoms in total. The maximum Gasteiger partial charge on any atom is 0.472 e. The zero-order valence-corrected chi connectivity index (χ0v) is 68.5. The molecule has 0 amide bonds. The van der Waals surface area contributed by atoms with Crippen molar-refractivity contribution in [2.24, 2.45) is 5.92 Å². The third-order valence-corrected chi connectivity index (χ3v) is 21.4. The SMILES string of the molecule is CCCCCCCCCCCCCCCCCCCCC(=O)OC[C@H](COP(=O)(O)OC[C@@H](O)COP(=O)(O)OC[C@@H](COC(=O)CCCCCCCCC)OC(=O)CCCCCCCCCCCCCCCCCC)OC(=O)CCCCCCCCCCCCCCCCCCCCC(C)C. The number of phosphoric acid groups is 2. The van der Waals surface area contributed by atoms with Gasteiger partial charge in [0.25, 0.3) is 0 Å². The molecule has 0 aliphatic heterocycles. The van der Waals surface area contributed by atoms with Crippen molar-refractivity contribution in [1.82, 2.24) is 0 Å². The Hall–Kier alpha value is -1.94. The highest BCUT2D eigenvalue weighted by molar-refractivity contribution is 7.47. The summed E-state index contributed by atoms with van der Waals surface area (Å²) >= 11 is 0. The molecule has 0 rings (SSSR count). The van der Waals surface area contributed by atoms with Crippen LogP contribution in [-0.4, -0.2) is 96.7 Å². The molecule has 0 aromatic heterocycles. The lowest BCUT2D eigenvalue weighted by atomic mass is 10.0. The van der Waals surface area contributed by atoms with E-state index in [1.807, 2.05) is 0 Å². The fourth-order valence-corrected chi connectivity index (χ4v) is 14.5. The van der Waals surface area contributed by atoms with Crippen LogP contribution in [0.3, 0.4) is 0 Å². The van der Waals surface area contributed by atoms with Crippen LogP contribution in [0.2, 0.25) is 0 Å². The molecule has 0 aromatic rings. The van der Waals surface area contributed by atoms with Crippen molar-refractivity contribution in [1.29, 1.82) is 0 Å². The van der Waals surface area contributed by atoms with Crippen molar-refractivity contribution in [3.8, 4) is 0 Å². The number of hydrogen-bond donors (Lipinski definition) is 3. The number of aliphatic hydroxyl groups excluding tert-OH is 1. The van der Waals surface area contributed by atoms with Gasteiger partial charge >= 0.3 is 39.5 Å². The van der Waals surface area contributed by atoms with Crippen molar-refractivity contribution in [3.05, 3.63) is 0 Å². The minimum Gasteiger partial charge on any atom is -0.462 e. The lowest BCUT2D eigenvalue weighted by molar-refractivity contribution is -0.161. The van der Waals surface area contributed by atoms with Gasteiger partial charge in [-0.1, -0.05) is 394 Å². The monoisotopic (exact) mass is 1490 g/mol. The van der Waals surface area contributed by atoms with Crippen LogP contribution in [0.5, 0.6) is 0 Å². The molecule has 3 N–H and O–H groups in total. The van der Waals surface area contributed by atoms with Gasteiger partial charge in [0.1, 0.15) is 19.3 Å². The van der Waals surface area contributed by atoms with Crippen molar-refractivity contribution in [2.45, 2.75) is 464 Å². The van der Waals surface area contributed by atoms with Gasteiger partial charge in [-0.25, -0.2) is 9.13 Å². The molecule has 0 aliphatic rings. The average molecular weight is 1490 g/mol. The second-order valence-electron chi connectivity index (χ2n) is 30.3. The molecular weight excluding hydrogens is 1330 g/mol. The molecule has 102 heavy (non-hydrogen) atoms. The molecule has 5 atom stereocenters. The van der Waals surface area contributed by atoms with Gasteiger partial charge in [0.15, 0.2) is 12.2 Å². The van der Waals surface area contributed by atoms with E-state index >= 15 is 0 Å². The number of ether oxygens (including phenoxy) is 4. The Balaban J connectivity index is 5.16. The summed E-state index contributed by atoms with van der Waals surface area (Å²) in [5.41, 5.74) is 0. The number of phosphoric ester groups is 2. The van der Waals surface area contributed by atoms with Crippen LogP contribution in [0, 0.1) is 5.92 Å². The third-order valence-electron chi connectivity index (χ3n) is 19.5. The standard InChI is InChI=1S/C83H162O17P2/c1-6-9-12-15-18-20-22-24-26-28-32-36-39-43-47-52-57-62-67-81(86)94-73-79(100-83(88)69-64-59-54-49-45-41-37-33-30-29-31-34-38-42-46-51-55-60-65-76(4)5)75-98-102(91,92)96-71-77(84)70-95-101(89,90)97-74-78(72-93-80(85)66-61-56-50-17-14-11-8-3)99-82(87)68-63-58-53-48-44-40-35-27-25-23-21-19-16-13-10-7-2/h76-79,84H,6-75H2,1-5H3,(H,89,90)(H,91,92)/t77-,78+,79+/m0/s1. The number of esters is 4. The minimum absolute atomic E-state index is 0.108. The second kappa shape index (κ2) is 75.9. The highest BCUT2D eigenvalue weighted by Gasteiger charge is 2.30. The summed E-state index contributed by atoms with van der Waals surface area (Å²) in [5, 5.41) is 10.6. The van der Waals surface area contributed by atoms with Crippen LogP contribution >= 0.6 is 15.6 Å². The van der Waals surface area contributed by atoms with Crippen LogP contribution in [0.25, 0.3) is 0 Å². The first-order valence-corrected chi connectivity index (χ1v) is 46.1. The summed E-state index contributed by atoms with van der Waals surface area (Å²) < 4.78 is 68.7. The molecule has 0 radical (unpaired) electrons. The summed E-state index contributed by atoms with van der Waals surface area (Å²) in [6, 6.07) is 0. The predicted octanol–water partition coefficient (Wildman–Crippen LogP) is 25.2. The van der Waals surface area contributed by atoms with E-state index in [1.54, 1.807) is 0 Å². The van der Waals surface area contributed by atoms with E-state index in [0.717, 1.165) is 109 Å². The van der Waals surface area contributed by atoms with E-state index in [9.17, 15) is 43.2 Å². The van der Waals surface area contributed by atoms with Crippen molar-refractivity contribution in [3.63, 3.8) is 0 Å². The number of aliphatic hydroxyl groups is 1. The largest absolute Gasteiger partial charge is 0.472 e. The normalized spacial score (nSPS) is 13.8. The molecule has 606 valence electrons. The molecule has 0 aliphatic carbocycles. The van der Waals surface area contributed by atoms with Crippen LogP contribution in [0.4, 0.5) is 0 Å². The summed E-state index contributed by atoms with van der Waals surface area (Å²) in [6.07, 6.45) is 68.2. The zero-order valence-electron chi connectivity index (χ0n) is 66.8. The van der Waals surface area contributed by atoms with Crippen molar-refractivity contribution < 1.29 is 80.2 Å². The Morgan fingerprint density at radius 1 is 0.265 bits per heavy atom. The van der Waals surface area contributed by atoms with Gasteiger partial charge in [-0.05, 0) is 31.6 Å². The van der Waals surface area contributed by atoms with Gasteiger partial charge in [-0.3, -0.25) is 37.3 Å². The third kappa shape index (κ3) is 76.3. The summed E-state index contributed by atoms with van der Waals surface area (Å²) in [4.78, 5) is 72.9. The van der Waals surface area contributed by atoms with E-state index in [4.69, 9.17) is 37.0 Å². The van der Waals surface area contributed by atoms with E-state index in [2.05, 4.69) is 34.6 Å². The molecule has 0 fully saturated rings. The highest BCUT2D eigenvalue weighted by Crippen LogP contribution is 2.45. The summed E-state index contributed by atoms with van der Waals surface area (Å²) in [6.45, 7) is 7.34. The molecule has 19 heteroatoms. The van der Waals surface area contributed by atoms with Crippen LogP contribution in [-0.2, 0) is 65.4 Å². The Morgan fingerprint density at radius 3 is 0.667 bits per heavy atom. The van der Waals surface area contributed by atoms with Crippen molar-refractivity contribution in [2.75, 3.05) is 39.6 Å². The fraction of sp³-hybridized carbons (Fsp3) is 0.952. The summed E-state index contributed by atoms with van der Waals surface area (Å²) in [5.74, 6) is -1.29. The predicted molar refractivity (Wildman–Crippen MR) is 418 cm³/mol. The number of carbonyl (C=O) groups excluding carboxylic acids is 4. The number of rotatable bonds is 83. The fourth-order valence-electron chi connectivity index (χ4n) is 12.9. The second-order valence-corrected chi connectivity index (χ2v) is 33.3. The quantitative estimate of drug-likeness (QED) is 0.0222. The van der Waals surface area contributed by atoms with Crippen LogP contribution in [0.1, 0.15) is 446 Å². The zero-order chi connectivity index (χ0) is 74.8. The smallest absolute Gasteiger partial charge is 0.462 e. The Bertz CT molecular complexity index is 1940. The molecule has 0 saturated carbocycles. The minimum atomic E-state index is -4.96. The van der Waals surface area contributed by atoms with Gasteiger partial charge in [-0.15, -0.1) is 0 Å². The van der Waals surface area contributed by atoms with E-state index in [0.29, 0.717) is 25.7 Å². The topological polar surface area (TPSA) is 237 Å². The molecule has 0 spiro atoms. The lowest BCUT2D eigenvalue weighted by Crippen LogP contribution is -2.30. The maximum atomic E-state index is 13.1. The molecule has 0 bridgehead atoms. The van der Waals surface area contributed by atoms with E-state index in [-0.39, 0.29) is 25.7 Å². The molecule has 2 unspecified atom stereocenters. The van der Waals surface area contributed by atoms with Crippen LogP contribution in [0.15, 0.2) is 0 Å². The van der Waals surface area contributed by atoms with Gasteiger partial charge in [-0.2, -0.15) is 0 Å². The average Bonchev–Trinajstić information content (AvgIpc) is 0.909. The van der Waals surface area contributed by atoms with Gasteiger partial charge in [0, 0.05) is 25.7 Å². The first kappa shape index (κ1) is 100. The number of hydrogen-bond acceptors (Lipinski definition) is 15. The Kier molecular flexibility index (Phi) is 74.4. The molecule has 0 aromatic carbocycles. The molecular formula is C83H162O17P2. The van der Waals surface area contributed by atoms with E-state index < -0.39 is 97.5 Å². The van der Waals surface area contributed by atoms with Gasteiger partial charge < -0.3 is 33.8 Å². The highest BCUT2D eigenvalue weighted by atomic mass is 31.2. The lowest BCUT2D eigenvalue weighted by Gasteiger charge is -2.21. The Labute approximate surface area is 626 Å². The first-order valence-electron chi connectivity index (χ1n) is 43.1. The van der Waals surface area contributed by atoms with E-state index in [1.165, 1.54) is 257 Å². The number of carbonyl (C=O) groups is 4. The summed E-state index contributed by atoms with van der Waals surface area (Å²) in [7, 11) is -9.92. The number of unbranched alkanes of at least 4 members (excludes halogenated alkanes) is 55. The first-order chi connectivity index (χ1) is 49.5. The molecule has 0 heterocycles. The van der Waals surface area contributed by atoms with Gasteiger partial charge in [0.2, 0.25) is 0 Å². The Morgan fingerprint density at radius 2 is 0.451 bits per heavy atom. The van der Waals surface area contributed by atoms with Crippen LogP contribution < -0.4 is 0 Å².